The Hall–Kier alpha value is -2.22. The van der Waals surface area contributed by atoms with Crippen LogP contribution in [-0.2, 0) is 11.3 Å². The molecule has 4 rings (SSSR count). The Morgan fingerprint density at radius 3 is 2.76 bits per heavy atom. The first-order chi connectivity index (χ1) is 12.2. The Morgan fingerprint density at radius 1 is 1.16 bits per heavy atom. The zero-order valence-electron chi connectivity index (χ0n) is 13.8. The molecule has 2 aromatic rings. The number of hydrogen-bond donors (Lipinski definition) is 3. The quantitative estimate of drug-likeness (QED) is 0.787. The molecule has 25 heavy (non-hydrogen) atoms. The standard InChI is InChI=1S/C18H21FN4O2/c19-13-3-1-12(2-4-13)17-18(24)20-9-10-23(17)11-14-5-6-16(25-14)15-7-8-21-22-15/h1-6,15,17,21-22H,7-11H2,(H,20,24). The van der Waals surface area contributed by atoms with Crippen LogP contribution in [0, 0.1) is 5.82 Å². The van der Waals surface area contributed by atoms with Crippen LogP contribution in [0.3, 0.4) is 0 Å². The molecule has 6 nitrogen and oxygen atoms in total. The fourth-order valence-corrected chi connectivity index (χ4v) is 3.46. The summed E-state index contributed by atoms with van der Waals surface area (Å²) in [5.41, 5.74) is 7.06. The van der Waals surface area contributed by atoms with E-state index in [1.54, 1.807) is 12.1 Å². The van der Waals surface area contributed by atoms with Crippen LogP contribution in [0.4, 0.5) is 4.39 Å². The highest BCUT2D eigenvalue weighted by atomic mass is 19.1. The number of halogens is 1. The molecule has 3 heterocycles. The molecule has 0 spiro atoms. The average molecular weight is 344 g/mol. The van der Waals surface area contributed by atoms with Gasteiger partial charge in [-0.1, -0.05) is 12.1 Å². The van der Waals surface area contributed by atoms with Crippen LogP contribution in [0.2, 0.25) is 0 Å². The molecule has 0 radical (unpaired) electrons. The number of furan rings is 1. The first-order valence-corrected chi connectivity index (χ1v) is 8.55. The normalized spacial score (nSPS) is 24.4. The summed E-state index contributed by atoms with van der Waals surface area (Å²) in [7, 11) is 0. The van der Waals surface area contributed by atoms with E-state index in [1.807, 2.05) is 12.1 Å². The maximum atomic E-state index is 13.2. The number of carbonyl (C=O) groups excluding carboxylic acids is 1. The second kappa shape index (κ2) is 6.95. The monoisotopic (exact) mass is 344 g/mol. The lowest BCUT2D eigenvalue weighted by Gasteiger charge is -2.34. The molecule has 2 aliphatic heterocycles. The van der Waals surface area contributed by atoms with Gasteiger partial charge in [0.05, 0.1) is 12.6 Å². The van der Waals surface area contributed by atoms with Gasteiger partial charge < -0.3 is 9.73 Å². The fourth-order valence-electron chi connectivity index (χ4n) is 3.46. The number of hydrogen-bond acceptors (Lipinski definition) is 5. The van der Waals surface area contributed by atoms with Crippen molar-refractivity contribution in [2.45, 2.75) is 25.0 Å². The van der Waals surface area contributed by atoms with Crippen molar-refractivity contribution in [1.82, 2.24) is 21.1 Å². The maximum absolute atomic E-state index is 13.2. The number of rotatable bonds is 4. The van der Waals surface area contributed by atoms with Crippen LogP contribution in [-0.4, -0.2) is 30.4 Å². The van der Waals surface area contributed by atoms with Gasteiger partial charge in [0.25, 0.3) is 0 Å². The minimum absolute atomic E-state index is 0.0636. The maximum Gasteiger partial charge on any atom is 0.242 e. The topological polar surface area (TPSA) is 69.5 Å². The number of nitrogens with zero attached hydrogens (tertiary/aromatic N) is 1. The lowest BCUT2D eigenvalue weighted by atomic mass is 10.0. The van der Waals surface area contributed by atoms with E-state index in [2.05, 4.69) is 21.1 Å². The highest BCUT2D eigenvalue weighted by Crippen LogP contribution is 2.27. The molecule has 1 aromatic carbocycles. The van der Waals surface area contributed by atoms with Gasteiger partial charge in [0.15, 0.2) is 0 Å². The Labute approximate surface area is 145 Å². The third-order valence-electron chi connectivity index (χ3n) is 4.72. The summed E-state index contributed by atoms with van der Waals surface area (Å²) in [4.78, 5) is 14.5. The summed E-state index contributed by atoms with van der Waals surface area (Å²) >= 11 is 0. The van der Waals surface area contributed by atoms with E-state index in [0.29, 0.717) is 19.6 Å². The number of piperazine rings is 1. The zero-order valence-corrected chi connectivity index (χ0v) is 13.8. The van der Waals surface area contributed by atoms with Gasteiger partial charge >= 0.3 is 0 Å². The summed E-state index contributed by atoms with van der Waals surface area (Å²) in [5.74, 6) is 1.36. The van der Waals surface area contributed by atoms with Crippen molar-refractivity contribution in [3.05, 3.63) is 59.3 Å². The number of benzene rings is 1. The van der Waals surface area contributed by atoms with Crippen molar-refractivity contribution in [2.75, 3.05) is 19.6 Å². The van der Waals surface area contributed by atoms with Crippen molar-refractivity contribution in [1.29, 1.82) is 0 Å². The van der Waals surface area contributed by atoms with E-state index in [0.717, 1.165) is 30.0 Å². The van der Waals surface area contributed by atoms with Crippen molar-refractivity contribution in [2.24, 2.45) is 0 Å². The molecule has 3 N–H and O–H groups in total. The summed E-state index contributed by atoms with van der Waals surface area (Å²) in [6.45, 7) is 2.76. The predicted octanol–water partition coefficient (Wildman–Crippen LogP) is 1.63. The highest BCUT2D eigenvalue weighted by Gasteiger charge is 2.32. The van der Waals surface area contributed by atoms with Crippen LogP contribution < -0.4 is 16.2 Å². The smallest absolute Gasteiger partial charge is 0.242 e. The summed E-state index contributed by atoms with van der Waals surface area (Å²) < 4.78 is 19.2. The molecule has 132 valence electrons. The van der Waals surface area contributed by atoms with Gasteiger partial charge in [-0.2, -0.15) is 0 Å². The Morgan fingerprint density at radius 2 is 2.00 bits per heavy atom. The van der Waals surface area contributed by atoms with E-state index in [1.165, 1.54) is 12.1 Å². The lowest BCUT2D eigenvalue weighted by Crippen LogP contribution is -2.49. The molecule has 1 amide bonds. The minimum atomic E-state index is -0.436. The second-order valence-electron chi connectivity index (χ2n) is 6.43. The van der Waals surface area contributed by atoms with Crippen LogP contribution in [0.15, 0.2) is 40.8 Å². The van der Waals surface area contributed by atoms with Gasteiger partial charge in [0.2, 0.25) is 5.91 Å². The highest BCUT2D eigenvalue weighted by molar-refractivity contribution is 5.83. The van der Waals surface area contributed by atoms with Gasteiger partial charge in [-0.05, 0) is 36.2 Å². The lowest BCUT2D eigenvalue weighted by molar-refractivity contribution is -0.129. The van der Waals surface area contributed by atoms with Crippen LogP contribution in [0.25, 0.3) is 0 Å². The number of amides is 1. The molecule has 2 unspecified atom stereocenters. The van der Waals surface area contributed by atoms with E-state index >= 15 is 0 Å². The first-order valence-electron chi connectivity index (χ1n) is 8.55. The molecular formula is C18H21FN4O2. The molecule has 2 saturated heterocycles. The van der Waals surface area contributed by atoms with Gasteiger partial charge in [0, 0.05) is 19.6 Å². The van der Waals surface area contributed by atoms with Crippen molar-refractivity contribution < 1.29 is 13.6 Å². The largest absolute Gasteiger partial charge is 0.463 e. The van der Waals surface area contributed by atoms with Gasteiger partial charge in [-0.25, -0.2) is 9.82 Å². The van der Waals surface area contributed by atoms with Crippen molar-refractivity contribution in [3.8, 4) is 0 Å². The van der Waals surface area contributed by atoms with Crippen LogP contribution in [0.1, 0.15) is 35.6 Å². The molecular weight excluding hydrogens is 323 g/mol. The van der Waals surface area contributed by atoms with Gasteiger partial charge in [-0.3, -0.25) is 15.1 Å². The number of hydrazine groups is 1. The second-order valence-corrected chi connectivity index (χ2v) is 6.43. The molecule has 0 bridgehead atoms. The average Bonchev–Trinajstić information content (AvgIpc) is 3.28. The van der Waals surface area contributed by atoms with Crippen LogP contribution >= 0.6 is 0 Å². The fraction of sp³-hybridized carbons (Fsp3) is 0.389. The van der Waals surface area contributed by atoms with Crippen molar-refractivity contribution in [3.63, 3.8) is 0 Å². The molecule has 0 aliphatic carbocycles. The minimum Gasteiger partial charge on any atom is -0.463 e. The number of nitrogens with one attached hydrogen (secondary N) is 3. The molecule has 2 aliphatic rings. The molecule has 7 heteroatoms. The predicted molar refractivity (Wildman–Crippen MR) is 89.8 cm³/mol. The zero-order chi connectivity index (χ0) is 17.2. The van der Waals surface area contributed by atoms with E-state index in [9.17, 15) is 9.18 Å². The first kappa shape index (κ1) is 16.3. The Balaban J connectivity index is 1.52. The Bertz CT molecular complexity index is 740. The van der Waals surface area contributed by atoms with E-state index in [-0.39, 0.29) is 17.8 Å². The van der Waals surface area contributed by atoms with E-state index in [4.69, 9.17) is 4.42 Å². The molecule has 0 saturated carbocycles. The number of carbonyl (C=O) groups is 1. The summed E-state index contributed by atoms with van der Waals surface area (Å²) in [6.07, 6.45) is 0.983. The van der Waals surface area contributed by atoms with Gasteiger partial charge in [0.1, 0.15) is 23.4 Å². The van der Waals surface area contributed by atoms with Gasteiger partial charge in [-0.15, -0.1) is 0 Å². The third-order valence-corrected chi connectivity index (χ3v) is 4.72. The third kappa shape index (κ3) is 3.44. The molecule has 2 fully saturated rings. The molecule has 1 aromatic heterocycles. The van der Waals surface area contributed by atoms with E-state index < -0.39 is 6.04 Å². The molecule has 2 atom stereocenters. The summed E-state index contributed by atoms with van der Waals surface area (Å²) in [6, 6.07) is 9.80. The summed E-state index contributed by atoms with van der Waals surface area (Å²) in [5, 5.41) is 2.89. The Kier molecular flexibility index (Phi) is 4.52. The SMILES string of the molecule is O=C1NCCN(Cc2ccc(C3CCNN3)o2)C1c1ccc(F)cc1. The van der Waals surface area contributed by atoms with Crippen LogP contribution in [0.5, 0.6) is 0 Å². The van der Waals surface area contributed by atoms with Crippen molar-refractivity contribution >= 4 is 5.91 Å².